The lowest BCUT2D eigenvalue weighted by Crippen LogP contribution is -2.52. The minimum Gasteiger partial charge on any atom is -0.390 e. The van der Waals surface area contributed by atoms with Crippen molar-refractivity contribution in [1.29, 1.82) is 0 Å². The fourth-order valence-electron chi connectivity index (χ4n) is 2.98. The number of rotatable bonds is 3. The number of carbonyl (C=O) groups excluding carboxylic acids is 1. The summed E-state index contributed by atoms with van der Waals surface area (Å²) in [5, 5.41) is 10.1. The SMILES string of the molecule is C[C@@H]1CO[C@](C)(CC(C)(C)O)N1C(=O)c1ccccc1. The molecular formula is C16H23NO3. The van der Waals surface area contributed by atoms with E-state index in [9.17, 15) is 9.90 Å². The van der Waals surface area contributed by atoms with Crippen LogP contribution < -0.4 is 0 Å². The molecule has 1 aliphatic rings. The molecular weight excluding hydrogens is 254 g/mol. The summed E-state index contributed by atoms with van der Waals surface area (Å²) in [6.07, 6.45) is 0.378. The highest BCUT2D eigenvalue weighted by Crippen LogP contribution is 2.35. The van der Waals surface area contributed by atoms with E-state index in [2.05, 4.69) is 0 Å². The number of hydrogen-bond acceptors (Lipinski definition) is 3. The van der Waals surface area contributed by atoms with Crippen LogP contribution in [0.2, 0.25) is 0 Å². The molecule has 2 atom stereocenters. The van der Waals surface area contributed by atoms with Crippen LogP contribution in [0, 0.1) is 0 Å². The summed E-state index contributed by atoms with van der Waals surface area (Å²) in [7, 11) is 0. The van der Waals surface area contributed by atoms with E-state index in [0.717, 1.165) is 0 Å². The summed E-state index contributed by atoms with van der Waals surface area (Å²) in [5.74, 6) is -0.0534. The molecule has 0 radical (unpaired) electrons. The summed E-state index contributed by atoms with van der Waals surface area (Å²) < 4.78 is 5.83. The molecule has 1 aromatic carbocycles. The highest BCUT2D eigenvalue weighted by Gasteiger charge is 2.47. The fourth-order valence-corrected chi connectivity index (χ4v) is 2.98. The van der Waals surface area contributed by atoms with Crippen LogP contribution in [0.4, 0.5) is 0 Å². The van der Waals surface area contributed by atoms with Crippen LogP contribution in [0.25, 0.3) is 0 Å². The average Bonchev–Trinajstić information content (AvgIpc) is 2.63. The zero-order valence-electron chi connectivity index (χ0n) is 12.6. The van der Waals surface area contributed by atoms with Crippen LogP contribution in [-0.4, -0.2) is 39.9 Å². The highest BCUT2D eigenvalue weighted by atomic mass is 16.5. The predicted octanol–water partition coefficient (Wildman–Crippen LogP) is 2.42. The fraction of sp³-hybridized carbons (Fsp3) is 0.562. The van der Waals surface area contributed by atoms with Gasteiger partial charge in [-0.05, 0) is 39.8 Å². The van der Waals surface area contributed by atoms with Gasteiger partial charge in [0.15, 0.2) is 0 Å². The van der Waals surface area contributed by atoms with Gasteiger partial charge in [0.05, 0.1) is 18.2 Å². The van der Waals surface area contributed by atoms with Gasteiger partial charge in [-0.3, -0.25) is 4.79 Å². The van der Waals surface area contributed by atoms with E-state index in [1.54, 1.807) is 30.9 Å². The van der Waals surface area contributed by atoms with Crippen molar-refractivity contribution < 1.29 is 14.6 Å². The summed E-state index contributed by atoms with van der Waals surface area (Å²) in [6.45, 7) is 7.79. The maximum atomic E-state index is 12.7. The zero-order chi connectivity index (χ0) is 15.0. The quantitative estimate of drug-likeness (QED) is 0.923. The van der Waals surface area contributed by atoms with Gasteiger partial charge in [0.1, 0.15) is 5.72 Å². The molecule has 0 spiro atoms. The number of ether oxygens (including phenoxy) is 1. The molecule has 110 valence electrons. The van der Waals surface area contributed by atoms with Crippen LogP contribution in [-0.2, 0) is 4.74 Å². The standard InChI is InChI=1S/C16H23NO3/c1-12-10-20-16(4,11-15(2,3)19)17(12)14(18)13-8-6-5-7-9-13/h5-9,12,19H,10-11H2,1-4H3/t12-,16-/m1/s1. The summed E-state index contributed by atoms with van der Waals surface area (Å²) >= 11 is 0. The normalized spacial score (nSPS) is 26.9. The van der Waals surface area contributed by atoms with E-state index < -0.39 is 11.3 Å². The maximum Gasteiger partial charge on any atom is 0.256 e. The largest absolute Gasteiger partial charge is 0.390 e. The monoisotopic (exact) mass is 277 g/mol. The number of aliphatic hydroxyl groups is 1. The van der Waals surface area contributed by atoms with Gasteiger partial charge < -0.3 is 14.7 Å². The Kier molecular flexibility index (Phi) is 3.89. The molecule has 0 saturated carbocycles. The minimum atomic E-state index is -0.895. The molecule has 1 aliphatic heterocycles. The van der Waals surface area contributed by atoms with E-state index >= 15 is 0 Å². The van der Waals surface area contributed by atoms with Gasteiger partial charge in [0.2, 0.25) is 0 Å². The van der Waals surface area contributed by atoms with Crippen LogP contribution in [0.3, 0.4) is 0 Å². The van der Waals surface area contributed by atoms with Crippen molar-refractivity contribution >= 4 is 5.91 Å². The number of benzene rings is 1. The molecule has 0 aromatic heterocycles. The third-order valence-electron chi connectivity index (χ3n) is 3.59. The minimum absolute atomic E-state index is 0.00458. The topological polar surface area (TPSA) is 49.8 Å². The smallest absolute Gasteiger partial charge is 0.256 e. The average molecular weight is 277 g/mol. The Labute approximate surface area is 120 Å². The van der Waals surface area contributed by atoms with Crippen LogP contribution in [0.15, 0.2) is 30.3 Å². The number of hydrogen-bond donors (Lipinski definition) is 1. The van der Waals surface area contributed by atoms with Gasteiger partial charge in [-0.15, -0.1) is 0 Å². The van der Waals surface area contributed by atoms with Crippen LogP contribution in [0.5, 0.6) is 0 Å². The molecule has 2 rings (SSSR count). The lowest BCUT2D eigenvalue weighted by atomic mass is 9.95. The predicted molar refractivity (Wildman–Crippen MR) is 77.3 cm³/mol. The zero-order valence-corrected chi connectivity index (χ0v) is 12.6. The number of carbonyl (C=O) groups is 1. The third-order valence-corrected chi connectivity index (χ3v) is 3.59. The van der Waals surface area contributed by atoms with Crippen LogP contribution >= 0.6 is 0 Å². The molecule has 1 fully saturated rings. The van der Waals surface area contributed by atoms with E-state index in [1.807, 2.05) is 32.0 Å². The van der Waals surface area contributed by atoms with E-state index in [1.165, 1.54) is 0 Å². The van der Waals surface area contributed by atoms with Gasteiger partial charge >= 0.3 is 0 Å². The Bertz CT molecular complexity index is 480. The van der Waals surface area contributed by atoms with Gasteiger partial charge in [-0.25, -0.2) is 0 Å². The first-order valence-corrected chi connectivity index (χ1v) is 6.98. The number of amides is 1. The van der Waals surface area contributed by atoms with Crippen molar-refractivity contribution in [3.05, 3.63) is 35.9 Å². The van der Waals surface area contributed by atoms with Crippen molar-refractivity contribution in [2.75, 3.05) is 6.61 Å². The van der Waals surface area contributed by atoms with Crippen molar-refractivity contribution in [2.45, 2.75) is 51.5 Å². The Morgan fingerprint density at radius 2 is 2.05 bits per heavy atom. The Balaban J connectivity index is 2.29. The molecule has 1 amide bonds. The Morgan fingerprint density at radius 3 is 2.60 bits per heavy atom. The molecule has 1 N–H and O–H groups in total. The Morgan fingerprint density at radius 1 is 1.45 bits per heavy atom. The summed E-state index contributed by atoms with van der Waals surface area (Å²) in [6, 6.07) is 9.19. The summed E-state index contributed by atoms with van der Waals surface area (Å²) in [4.78, 5) is 14.5. The first kappa shape index (κ1) is 15.0. The molecule has 4 nitrogen and oxygen atoms in total. The molecule has 4 heteroatoms. The van der Waals surface area contributed by atoms with E-state index in [0.29, 0.717) is 18.6 Å². The molecule has 1 saturated heterocycles. The Hall–Kier alpha value is -1.39. The van der Waals surface area contributed by atoms with Gasteiger partial charge in [-0.1, -0.05) is 18.2 Å². The van der Waals surface area contributed by atoms with Crippen molar-refractivity contribution in [3.63, 3.8) is 0 Å². The molecule has 1 aromatic rings. The maximum absolute atomic E-state index is 12.7. The number of nitrogens with zero attached hydrogens (tertiary/aromatic N) is 1. The molecule has 20 heavy (non-hydrogen) atoms. The van der Waals surface area contributed by atoms with Gasteiger partial charge in [0.25, 0.3) is 5.91 Å². The lowest BCUT2D eigenvalue weighted by Gasteiger charge is -2.39. The van der Waals surface area contributed by atoms with E-state index in [4.69, 9.17) is 4.74 Å². The third kappa shape index (κ3) is 3.02. The molecule has 0 aliphatic carbocycles. The first-order chi connectivity index (χ1) is 9.23. The second-order valence-electron chi connectivity index (χ2n) is 6.37. The summed E-state index contributed by atoms with van der Waals surface area (Å²) in [5.41, 5.74) is -1.02. The van der Waals surface area contributed by atoms with E-state index in [-0.39, 0.29) is 11.9 Å². The lowest BCUT2D eigenvalue weighted by molar-refractivity contribution is -0.103. The second kappa shape index (κ2) is 5.19. The van der Waals surface area contributed by atoms with Crippen molar-refractivity contribution in [2.24, 2.45) is 0 Å². The first-order valence-electron chi connectivity index (χ1n) is 6.98. The van der Waals surface area contributed by atoms with Gasteiger partial charge in [0, 0.05) is 12.0 Å². The molecule has 0 bridgehead atoms. The molecule has 1 heterocycles. The highest BCUT2D eigenvalue weighted by molar-refractivity contribution is 5.95. The van der Waals surface area contributed by atoms with Crippen LogP contribution in [0.1, 0.15) is 44.5 Å². The van der Waals surface area contributed by atoms with Crippen molar-refractivity contribution in [3.8, 4) is 0 Å². The second-order valence-corrected chi connectivity index (χ2v) is 6.37. The van der Waals surface area contributed by atoms with Gasteiger partial charge in [-0.2, -0.15) is 0 Å². The molecule has 0 unspecified atom stereocenters. The van der Waals surface area contributed by atoms with Crippen molar-refractivity contribution in [1.82, 2.24) is 4.90 Å².